The molecule has 0 unspecified atom stereocenters. The van der Waals surface area contributed by atoms with E-state index in [1.165, 1.54) is 0 Å². The van der Waals surface area contributed by atoms with E-state index >= 15 is 0 Å². The molecule has 3 nitrogen and oxygen atoms in total. The van der Waals surface area contributed by atoms with Gasteiger partial charge in [0.05, 0.1) is 5.71 Å². The van der Waals surface area contributed by atoms with Crippen LogP contribution in [0.1, 0.15) is 27.0 Å². The maximum atomic E-state index is 12.4. The summed E-state index contributed by atoms with van der Waals surface area (Å²) in [5.41, 5.74) is 9.55. The average molecular weight is 312 g/mol. The number of carbonyl (C=O) groups is 1. The molecule has 0 aromatic heterocycles. The first-order valence-electron chi connectivity index (χ1n) is 7.88. The molecule has 0 fully saturated rings. The van der Waals surface area contributed by atoms with Crippen molar-refractivity contribution < 1.29 is 4.79 Å². The highest BCUT2D eigenvalue weighted by molar-refractivity contribution is 6.24. The predicted octanol–water partition coefficient (Wildman–Crippen LogP) is 4.16. The lowest BCUT2D eigenvalue weighted by Crippen LogP contribution is -2.20. The van der Waals surface area contributed by atoms with Crippen LogP contribution in [0.25, 0.3) is 11.1 Å². The Morgan fingerprint density at radius 1 is 0.792 bits per heavy atom. The average Bonchev–Trinajstić information content (AvgIpc) is 2.94. The van der Waals surface area contributed by atoms with Gasteiger partial charge in [-0.05, 0) is 30.2 Å². The second kappa shape index (κ2) is 5.78. The van der Waals surface area contributed by atoms with Crippen molar-refractivity contribution >= 4 is 11.6 Å². The van der Waals surface area contributed by atoms with Crippen LogP contribution < -0.4 is 5.43 Å². The molecule has 1 aliphatic carbocycles. The maximum absolute atomic E-state index is 12.4. The van der Waals surface area contributed by atoms with Gasteiger partial charge >= 0.3 is 0 Å². The number of aryl methyl sites for hydroxylation is 1. The third-order valence-electron chi connectivity index (χ3n) is 4.20. The summed E-state index contributed by atoms with van der Waals surface area (Å²) in [6.07, 6.45) is 0. The molecule has 0 aliphatic heterocycles. The number of amides is 1. The first-order chi connectivity index (χ1) is 11.7. The molecule has 0 saturated carbocycles. The number of benzene rings is 3. The van der Waals surface area contributed by atoms with E-state index in [0.717, 1.165) is 33.5 Å². The molecular formula is C21H16N2O. The molecule has 0 bridgehead atoms. The van der Waals surface area contributed by atoms with Crippen molar-refractivity contribution in [3.63, 3.8) is 0 Å². The molecule has 1 N–H and O–H groups in total. The second-order valence-corrected chi connectivity index (χ2v) is 5.86. The molecule has 3 aromatic rings. The number of hydrazone groups is 1. The smallest absolute Gasteiger partial charge is 0.267 e. The van der Waals surface area contributed by atoms with Crippen molar-refractivity contribution in [1.82, 2.24) is 5.43 Å². The van der Waals surface area contributed by atoms with Crippen LogP contribution in [-0.4, -0.2) is 11.6 Å². The van der Waals surface area contributed by atoms with E-state index in [4.69, 9.17) is 0 Å². The molecule has 0 spiro atoms. The fraction of sp³-hybridized carbons (Fsp3) is 0.0476. The summed E-state index contributed by atoms with van der Waals surface area (Å²) in [6.45, 7) is 1.96. The van der Waals surface area contributed by atoms with Gasteiger partial charge < -0.3 is 0 Å². The number of nitrogens with one attached hydrogen (secondary N) is 1. The van der Waals surface area contributed by atoms with Gasteiger partial charge in [0.1, 0.15) is 0 Å². The van der Waals surface area contributed by atoms with Crippen LogP contribution in [0.2, 0.25) is 0 Å². The topological polar surface area (TPSA) is 41.5 Å². The van der Waals surface area contributed by atoms with Gasteiger partial charge in [-0.2, -0.15) is 5.10 Å². The number of fused-ring (bicyclic) bond motifs is 3. The number of carbonyl (C=O) groups excluding carboxylic acids is 1. The van der Waals surface area contributed by atoms with Crippen molar-refractivity contribution in [2.24, 2.45) is 5.10 Å². The van der Waals surface area contributed by atoms with Crippen LogP contribution in [-0.2, 0) is 0 Å². The molecule has 0 saturated heterocycles. The zero-order valence-corrected chi connectivity index (χ0v) is 13.3. The monoisotopic (exact) mass is 312 g/mol. The van der Waals surface area contributed by atoms with Gasteiger partial charge in [0, 0.05) is 16.7 Å². The van der Waals surface area contributed by atoms with E-state index < -0.39 is 0 Å². The first kappa shape index (κ1) is 14.4. The molecule has 24 heavy (non-hydrogen) atoms. The third kappa shape index (κ3) is 2.40. The van der Waals surface area contributed by atoms with Crippen LogP contribution >= 0.6 is 0 Å². The Kier molecular flexibility index (Phi) is 3.47. The molecule has 0 atom stereocenters. The zero-order chi connectivity index (χ0) is 16.5. The highest BCUT2D eigenvalue weighted by Gasteiger charge is 2.24. The minimum atomic E-state index is -0.201. The quantitative estimate of drug-likeness (QED) is 0.555. The Morgan fingerprint density at radius 3 is 1.96 bits per heavy atom. The predicted molar refractivity (Wildman–Crippen MR) is 96.2 cm³/mol. The van der Waals surface area contributed by atoms with Gasteiger partial charge in [-0.25, -0.2) is 5.43 Å². The molecule has 1 amide bonds. The summed E-state index contributed by atoms with van der Waals surface area (Å²) in [5.74, 6) is -0.201. The number of nitrogens with zero attached hydrogens (tertiary/aromatic N) is 1. The highest BCUT2D eigenvalue weighted by atomic mass is 16.2. The van der Waals surface area contributed by atoms with Gasteiger partial charge in [-0.3, -0.25) is 4.79 Å². The van der Waals surface area contributed by atoms with Gasteiger partial charge in [-0.15, -0.1) is 0 Å². The molecule has 1 aliphatic rings. The minimum absolute atomic E-state index is 0.201. The summed E-state index contributed by atoms with van der Waals surface area (Å²) < 4.78 is 0. The number of rotatable bonds is 2. The van der Waals surface area contributed by atoms with Gasteiger partial charge in [0.2, 0.25) is 0 Å². The molecule has 0 heterocycles. The van der Waals surface area contributed by atoms with E-state index in [1.807, 2.05) is 61.5 Å². The third-order valence-corrected chi connectivity index (χ3v) is 4.20. The van der Waals surface area contributed by atoms with Crippen molar-refractivity contribution in [1.29, 1.82) is 0 Å². The zero-order valence-electron chi connectivity index (χ0n) is 13.3. The van der Waals surface area contributed by atoms with E-state index in [-0.39, 0.29) is 5.91 Å². The normalized spacial score (nSPS) is 11.6. The summed E-state index contributed by atoms with van der Waals surface area (Å²) in [7, 11) is 0. The Bertz CT molecular complexity index is 925. The Labute approximate surface area is 140 Å². The van der Waals surface area contributed by atoms with E-state index in [0.29, 0.717) is 5.56 Å². The van der Waals surface area contributed by atoms with Crippen LogP contribution in [0.3, 0.4) is 0 Å². The number of hydrogen-bond donors (Lipinski definition) is 1. The molecule has 4 rings (SSSR count). The van der Waals surface area contributed by atoms with Gasteiger partial charge in [0.15, 0.2) is 0 Å². The summed E-state index contributed by atoms with van der Waals surface area (Å²) in [4.78, 5) is 12.4. The van der Waals surface area contributed by atoms with Crippen molar-refractivity contribution in [2.45, 2.75) is 6.92 Å². The SMILES string of the molecule is Cc1cccc(C(=O)NN=C2c3ccccc3-c3ccccc32)c1. The van der Waals surface area contributed by atoms with Crippen LogP contribution in [0.15, 0.2) is 77.9 Å². The lowest BCUT2D eigenvalue weighted by molar-refractivity contribution is 0.0955. The van der Waals surface area contributed by atoms with Crippen LogP contribution in [0.4, 0.5) is 0 Å². The lowest BCUT2D eigenvalue weighted by Gasteiger charge is -2.04. The minimum Gasteiger partial charge on any atom is -0.267 e. The largest absolute Gasteiger partial charge is 0.271 e. The van der Waals surface area contributed by atoms with Gasteiger partial charge in [0.25, 0.3) is 5.91 Å². The molecule has 116 valence electrons. The fourth-order valence-electron chi connectivity index (χ4n) is 3.07. The van der Waals surface area contributed by atoms with E-state index in [2.05, 4.69) is 22.7 Å². The van der Waals surface area contributed by atoms with Crippen molar-refractivity contribution in [3.05, 3.63) is 95.1 Å². The van der Waals surface area contributed by atoms with Gasteiger partial charge in [-0.1, -0.05) is 66.2 Å². The Hall–Kier alpha value is -3.20. The molecule has 3 aromatic carbocycles. The summed E-state index contributed by atoms with van der Waals surface area (Å²) in [5, 5.41) is 4.43. The standard InChI is InChI=1S/C21H16N2O/c1-14-7-6-8-15(13-14)21(24)23-22-20-18-11-4-2-9-16(18)17-10-3-5-12-19(17)20/h2-13H,1H3,(H,23,24). The van der Waals surface area contributed by atoms with Crippen molar-refractivity contribution in [2.75, 3.05) is 0 Å². The number of hydrogen-bond acceptors (Lipinski definition) is 2. The molecule has 0 radical (unpaired) electrons. The summed E-state index contributed by atoms with van der Waals surface area (Å²) in [6, 6.07) is 23.7. The molecular weight excluding hydrogens is 296 g/mol. The Morgan fingerprint density at radius 2 is 1.38 bits per heavy atom. The fourth-order valence-corrected chi connectivity index (χ4v) is 3.07. The van der Waals surface area contributed by atoms with E-state index in [9.17, 15) is 4.79 Å². The molecule has 3 heteroatoms. The Balaban J connectivity index is 1.71. The summed E-state index contributed by atoms with van der Waals surface area (Å²) >= 11 is 0. The van der Waals surface area contributed by atoms with Crippen molar-refractivity contribution in [3.8, 4) is 11.1 Å². The van der Waals surface area contributed by atoms with Crippen LogP contribution in [0.5, 0.6) is 0 Å². The lowest BCUT2D eigenvalue weighted by atomic mass is 10.1. The van der Waals surface area contributed by atoms with E-state index in [1.54, 1.807) is 6.07 Å². The van der Waals surface area contributed by atoms with Crippen LogP contribution in [0, 0.1) is 6.92 Å². The second-order valence-electron chi connectivity index (χ2n) is 5.86. The first-order valence-corrected chi connectivity index (χ1v) is 7.88. The maximum Gasteiger partial charge on any atom is 0.271 e. The highest BCUT2D eigenvalue weighted by Crippen LogP contribution is 2.36.